The Balaban J connectivity index is 1.72. The maximum atomic E-state index is 13.9. The van der Waals surface area contributed by atoms with E-state index in [4.69, 9.17) is 15.2 Å². The van der Waals surface area contributed by atoms with E-state index in [0.717, 1.165) is 0 Å². The second-order valence-corrected chi connectivity index (χ2v) is 7.73. The van der Waals surface area contributed by atoms with E-state index in [1.165, 1.54) is 0 Å². The van der Waals surface area contributed by atoms with Crippen molar-refractivity contribution in [2.45, 2.75) is 18.4 Å². The number of ether oxygens (including phenoxy) is 2. The second-order valence-electron chi connectivity index (χ2n) is 7.73. The molecule has 9 heteroatoms. The van der Waals surface area contributed by atoms with Crippen molar-refractivity contribution in [2.75, 3.05) is 6.54 Å². The number of carbonyl (C=O) groups is 4. The van der Waals surface area contributed by atoms with Gasteiger partial charge in [-0.25, -0.2) is 14.5 Å². The average Bonchev–Trinajstić information content (AvgIpc) is 3.17. The van der Waals surface area contributed by atoms with E-state index in [9.17, 15) is 19.2 Å². The Bertz CT molecular complexity index is 1180. The summed E-state index contributed by atoms with van der Waals surface area (Å²) >= 11 is 0. The summed E-state index contributed by atoms with van der Waals surface area (Å²) in [4.78, 5) is 52.8. The Labute approximate surface area is 201 Å². The largest absolute Gasteiger partial charge is 0.457 e. The van der Waals surface area contributed by atoms with Crippen molar-refractivity contribution < 1.29 is 28.7 Å². The molecule has 0 aliphatic carbocycles. The lowest BCUT2D eigenvalue weighted by Gasteiger charge is -2.29. The summed E-state index contributed by atoms with van der Waals surface area (Å²) in [5, 5.41) is 2.71. The normalized spacial score (nSPS) is 15.3. The van der Waals surface area contributed by atoms with Gasteiger partial charge in [0, 0.05) is 0 Å². The maximum absolute atomic E-state index is 13.9. The van der Waals surface area contributed by atoms with Gasteiger partial charge >= 0.3 is 18.0 Å². The smallest absolute Gasteiger partial charge is 0.370 e. The molecule has 178 valence electrons. The summed E-state index contributed by atoms with van der Waals surface area (Å²) in [5.74, 6) is -2.87. The minimum Gasteiger partial charge on any atom is -0.457 e. The van der Waals surface area contributed by atoms with E-state index >= 15 is 0 Å². The van der Waals surface area contributed by atoms with E-state index in [1.54, 1.807) is 91.0 Å². The predicted octanol–water partition coefficient (Wildman–Crippen LogP) is 2.05. The molecule has 0 saturated carbocycles. The quantitative estimate of drug-likeness (QED) is 0.379. The molecule has 1 aliphatic rings. The molecule has 3 aromatic carbocycles. The summed E-state index contributed by atoms with van der Waals surface area (Å²) in [5.41, 5.74) is 5.32. The number of imide groups is 1. The molecule has 0 bridgehead atoms. The molecule has 1 fully saturated rings. The number of benzene rings is 3. The molecule has 1 unspecified atom stereocenters. The Hall–Kier alpha value is -4.50. The van der Waals surface area contributed by atoms with Gasteiger partial charge in [-0.15, -0.1) is 0 Å². The van der Waals surface area contributed by atoms with Crippen LogP contribution in [0, 0.1) is 0 Å². The van der Waals surface area contributed by atoms with Crippen molar-refractivity contribution in [3.63, 3.8) is 0 Å². The topological polar surface area (TPSA) is 128 Å². The van der Waals surface area contributed by atoms with Crippen molar-refractivity contribution in [3.05, 3.63) is 108 Å². The molecule has 9 nitrogen and oxygen atoms in total. The zero-order chi connectivity index (χ0) is 24.8. The molecule has 4 rings (SSSR count). The number of esters is 2. The van der Waals surface area contributed by atoms with E-state index in [1.807, 2.05) is 0 Å². The highest BCUT2D eigenvalue weighted by atomic mass is 16.6. The van der Waals surface area contributed by atoms with Gasteiger partial charge in [-0.1, -0.05) is 91.0 Å². The predicted molar refractivity (Wildman–Crippen MR) is 124 cm³/mol. The fraction of sp³-hybridized carbons (Fsp3) is 0.154. The lowest BCUT2D eigenvalue weighted by molar-refractivity contribution is -0.180. The highest BCUT2D eigenvalue weighted by Crippen LogP contribution is 2.37. The Kier molecular flexibility index (Phi) is 6.88. The number of nitrogens with two attached hydrogens (primary N) is 1. The minimum absolute atomic E-state index is 0.150. The van der Waals surface area contributed by atoms with E-state index in [-0.39, 0.29) is 6.61 Å². The van der Waals surface area contributed by atoms with Gasteiger partial charge in [-0.2, -0.15) is 0 Å². The number of rotatable bonds is 8. The van der Waals surface area contributed by atoms with Crippen molar-refractivity contribution in [1.29, 1.82) is 0 Å². The SMILES string of the molecule is NCC(=O)OC(C(=O)OCc1ccccc1)N1C(=O)NC(c2ccccc2)(c2ccccc2)C1=O. The fourth-order valence-corrected chi connectivity index (χ4v) is 3.87. The summed E-state index contributed by atoms with van der Waals surface area (Å²) in [7, 11) is 0. The first-order valence-corrected chi connectivity index (χ1v) is 10.8. The van der Waals surface area contributed by atoms with Gasteiger partial charge in [0.1, 0.15) is 6.61 Å². The lowest BCUT2D eigenvalue weighted by atomic mass is 9.82. The fourth-order valence-electron chi connectivity index (χ4n) is 3.87. The van der Waals surface area contributed by atoms with Crippen LogP contribution in [-0.4, -0.2) is 41.5 Å². The van der Waals surface area contributed by atoms with Gasteiger partial charge < -0.3 is 20.5 Å². The van der Waals surface area contributed by atoms with Crippen molar-refractivity contribution in [1.82, 2.24) is 10.2 Å². The summed E-state index contributed by atoms with van der Waals surface area (Å²) in [6.45, 7) is -0.711. The van der Waals surface area contributed by atoms with Crippen LogP contribution in [0.5, 0.6) is 0 Å². The molecule has 1 saturated heterocycles. The van der Waals surface area contributed by atoms with E-state index in [0.29, 0.717) is 21.6 Å². The van der Waals surface area contributed by atoms with Gasteiger partial charge in [0.25, 0.3) is 12.1 Å². The van der Waals surface area contributed by atoms with Crippen LogP contribution in [0.4, 0.5) is 4.79 Å². The zero-order valence-electron chi connectivity index (χ0n) is 18.6. The lowest BCUT2D eigenvalue weighted by Crippen LogP contribution is -2.51. The maximum Gasteiger partial charge on any atom is 0.370 e. The number of urea groups is 1. The number of hydrogen-bond donors (Lipinski definition) is 2. The molecular formula is C26H23N3O6. The first-order valence-electron chi connectivity index (χ1n) is 10.8. The molecule has 3 amide bonds. The van der Waals surface area contributed by atoms with Gasteiger partial charge in [0.2, 0.25) is 0 Å². The minimum atomic E-state index is -1.96. The second kappa shape index (κ2) is 10.2. The Morgan fingerprint density at radius 3 is 1.89 bits per heavy atom. The molecular weight excluding hydrogens is 450 g/mol. The number of hydrogen-bond acceptors (Lipinski definition) is 7. The van der Waals surface area contributed by atoms with Crippen molar-refractivity contribution in [3.8, 4) is 0 Å². The zero-order valence-corrected chi connectivity index (χ0v) is 18.6. The molecule has 0 radical (unpaired) electrons. The number of amides is 3. The van der Waals surface area contributed by atoms with Crippen LogP contribution in [0.3, 0.4) is 0 Å². The first-order chi connectivity index (χ1) is 17.0. The van der Waals surface area contributed by atoms with Crippen LogP contribution < -0.4 is 11.1 Å². The number of carbonyl (C=O) groups excluding carboxylic acids is 4. The van der Waals surface area contributed by atoms with Crippen LogP contribution in [-0.2, 0) is 36.0 Å². The summed E-state index contributed by atoms with van der Waals surface area (Å²) in [6.07, 6.45) is -1.96. The summed E-state index contributed by atoms with van der Waals surface area (Å²) < 4.78 is 10.4. The third-order valence-electron chi connectivity index (χ3n) is 5.54. The molecule has 3 aromatic rings. The molecule has 0 spiro atoms. The molecule has 35 heavy (non-hydrogen) atoms. The highest BCUT2D eigenvalue weighted by molar-refractivity contribution is 6.11. The highest BCUT2D eigenvalue weighted by Gasteiger charge is 2.58. The number of nitrogens with zero attached hydrogens (tertiary/aromatic N) is 1. The van der Waals surface area contributed by atoms with Gasteiger partial charge in [0.05, 0.1) is 6.54 Å². The van der Waals surface area contributed by atoms with Crippen molar-refractivity contribution in [2.24, 2.45) is 5.73 Å². The monoisotopic (exact) mass is 473 g/mol. The van der Waals surface area contributed by atoms with Gasteiger partial charge in [0.15, 0.2) is 5.54 Å². The number of nitrogens with one attached hydrogen (secondary N) is 1. The van der Waals surface area contributed by atoms with Gasteiger partial charge in [-0.3, -0.25) is 9.59 Å². The molecule has 1 atom stereocenters. The molecule has 3 N–H and O–H groups in total. The first kappa shape index (κ1) is 23.7. The van der Waals surface area contributed by atoms with Crippen LogP contribution in [0.25, 0.3) is 0 Å². The average molecular weight is 473 g/mol. The Morgan fingerprint density at radius 1 is 0.857 bits per heavy atom. The molecule has 1 heterocycles. The van der Waals surface area contributed by atoms with E-state index in [2.05, 4.69) is 5.32 Å². The standard InChI is InChI=1S/C26H23N3O6/c27-16-21(30)35-22(23(31)34-17-18-10-4-1-5-11-18)29-24(32)26(28-25(29)33,19-12-6-2-7-13-19)20-14-8-3-9-15-20/h1-15,22H,16-17,27H2,(H,28,33). The van der Waals surface area contributed by atoms with Gasteiger partial charge in [-0.05, 0) is 16.7 Å². The summed E-state index contributed by atoms with van der Waals surface area (Å²) in [6, 6.07) is 25.1. The van der Waals surface area contributed by atoms with Crippen molar-refractivity contribution >= 4 is 23.9 Å². The molecule has 1 aliphatic heterocycles. The van der Waals surface area contributed by atoms with Crippen LogP contribution in [0.1, 0.15) is 16.7 Å². The van der Waals surface area contributed by atoms with Crippen LogP contribution in [0.2, 0.25) is 0 Å². The van der Waals surface area contributed by atoms with Crippen LogP contribution in [0.15, 0.2) is 91.0 Å². The third-order valence-corrected chi connectivity index (χ3v) is 5.54. The van der Waals surface area contributed by atoms with Crippen LogP contribution >= 0.6 is 0 Å². The Morgan fingerprint density at radius 2 is 1.37 bits per heavy atom. The van der Waals surface area contributed by atoms with E-state index < -0.39 is 42.2 Å². The third kappa shape index (κ3) is 4.62. The molecule has 0 aromatic heterocycles.